The lowest BCUT2D eigenvalue weighted by Crippen LogP contribution is -2.41. The van der Waals surface area contributed by atoms with E-state index in [1.54, 1.807) is 6.26 Å². The summed E-state index contributed by atoms with van der Waals surface area (Å²) in [5.74, 6) is 0. The molecule has 0 aliphatic heterocycles. The van der Waals surface area contributed by atoms with Crippen LogP contribution in [0.2, 0.25) is 5.22 Å². The topological polar surface area (TPSA) is 39.2 Å². The van der Waals surface area contributed by atoms with Crippen LogP contribution in [0, 0.1) is 0 Å². The minimum Gasteiger partial charge on any atom is -0.453 e. The quantitative estimate of drug-likeness (QED) is 0.768. The molecule has 0 spiro atoms. The zero-order valence-corrected chi connectivity index (χ0v) is 7.60. The van der Waals surface area contributed by atoms with Crippen molar-refractivity contribution < 1.29 is 4.42 Å². The van der Waals surface area contributed by atoms with Crippen LogP contribution >= 0.6 is 11.6 Å². The van der Waals surface area contributed by atoms with Gasteiger partial charge in [0.05, 0.1) is 6.26 Å². The van der Waals surface area contributed by atoms with E-state index < -0.39 is 0 Å². The summed E-state index contributed by atoms with van der Waals surface area (Å²) >= 11 is 5.70. The molecule has 0 amide bonds. The molecule has 1 aliphatic carbocycles. The highest BCUT2D eigenvalue weighted by atomic mass is 35.5. The molecule has 1 fully saturated rings. The summed E-state index contributed by atoms with van der Waals surface area (Å²) in [5, 5.41) is 0.463. The average Bonchev–Trinajstić information content (AvgIpc) is 2.35. The molecule has 0 radical (unpaired) electrons. The summed E-state index contributed by atoms with van der Waals surface area (Å²) in [4.78, 5) is 0. The minimum absolute atomic E-state index is 0.177. The lowest BCUT2D eigenvalue weighted by atomic mass is 9.65. The Morgan fingerprint density at radius 2 is 2.33 bits per heavy atom. The first-order valence-electron chi connectivity index (χ1n) is 4.21. The van der Waals surface area contributed by atoms with Crippen molar-refractivity contribution in [3.8, 4) is 0 Å². The predicted octanol–water partition coefficient (Wildman–Crippen LogP) is 2.31. The molecule has 0 bridgehead atoms. The zero-order valence-electron chi connectivity index (χ0n) is 6.85. The third kappa shape index (κ3) is 1.06. The molecular formula is C9H12ClNO. The molecule has 1 aromatic rings. The van der Waals surface area contributed by atoms with Gasteiger partial charge in [-0.1, -0.05) is 6.42 Å². The third-order valence-electron chi connectivity index (χ3n) is 2.88. The molecule has 1 heterocycles. The Morgan fingerprint density at radius 3 is 2.67 bits per heavy atom. The van der Waals surface area contributed by atoms with E-state index in [2.05, 4.69) is 0 Å². The molecule has 0 unspecified atom stereocenters. The van der Waals surface area contributed by atoms with Gasteiger partial charge in [-0.3, -0.25) is 0 Å². The Balaban J connectivity index is 2.27. The van der Waals surface area contributed by atoms with Gasteiger partial charge in [0, 0.05) is 12.0 Å². The normalized spacial score (nSPS) is 20.5. The van der Waals surface area contributed by atoms with E-state index in [0.29, 0.717) is 11.8 Å². The van der Waals surface area contributed by atoms with Crippen molar-refractivity contribution in [3.05, 3.63) is 23.1 Å². The second-order valence-corrected chi connectivity index (χ2v) is 3.85. The molecular weight excluding hydrogens is 174 g/mol. The Morgan fingerprint density at radius 1 is 1.58 bits per heavy atom. The molecule has 3 heteroatoms. The largest absolute Gasteiger partial charge is 0.453 e. The summed E-state index contributed by atoms with van der Waals surface area (Å²) in [6, 6.07) is 1.88. The van der Waals surface area contributed by atoms with Gasteiger partial charge in [0.2, 0.25) is 0 Å². The summed E-state index contributed by atoms with van der Waals surface area (Å²) in [6.45, 7) is 0.697. The number of hydrogen-bond donors (Lipinski definition) is 1. The van der Waals surface area contributed by atoms with Gasteiger partial charge >= 0.3 is 0 Å². The molecule has 12 heavy (non-hydrogen) atoms. The second kappa shape index (κ2) is 2.79. The van der Waals surface area contributed by atoms with E-state index in [1.807, 2.05) is 6.07 Å². The summed E-state index contributed by atoms with van der Waals surface area (Å²) in [6.07, 6.45) is 5.33. The van der Waals surface area contributed by atoms with Crippen LogP contribution in [0.1, 0.15) is 24.8 Å². The molecule has 0 atom stereocenters. The van der Waals surface area contributed by atoms with E-state index in [1.165, 1.54) is 24.8 Å². The van der Waals surface area contributed by atoms with Gasteiger partial charge in [-0.15, -0.1) is 0 Å². The number of nitrogens with two attached hydrogens (primary N) is 1. The molecule has 0 aromatic carbocycles. The highest BCUT2D eigenvalue weighted by Gasteiger charge is 2.38. The summed E-state index contributed by atoms with van der Waals surface area (Å²) in [7, 11) is 0. The molecule has 1 saturated carbocycles. The maximum absolute atomic E-state index is 5.73. The van der Waals surface area contributed by atoms with Crippen LogP contribution in [0.15, 0.2) is 16.7 Å². The van der Waals surface area contributed by atoms with Gasteiger partial charge in [-0.05, 0) is 36.1 Å². The number of rotatable bonds is 2. The van der Waals surface area contributed by atoms with E-state index in [9.17, 15) is 0 Å². The fourth-order valence-corrected chi connectivity index (χ4v) is 1.96. The Kier molecular flexibility index (Phi) is 1.89. The SMILES string of the molecule is NCC1(c2coc(Cl)c2)CCC1. The maximum atomic E-state index is 5.73. The van der Waals surface area contributed by atoms with E-state index >= 15 is 0 Å². The van der Waals surface area contributed by atoms with Crippen molar-refractivity contribution in [2.24, 2.45) is 5.73 Å². The first kappa shape index (κ1) is 8.14. The molecule has 2 N–H and O–H groups in total. The van der Waals surface area contributed by atoms with Crippen LogP contribution in [0.4, 0.5) is 0 Å². The van der Waals surface area contributed by atoms with Crippen LogP contribution in [0.3, 0.4) is 0 Å². The van der Waals surface area contributed by atoms with E-state index in [4.69, 9.17) is 21.8 Å². The first-order valence-corrected chi connectivity index (χ1v) is 4.59. The lowest BCUT2D eigenvalue weighted by molar-refractivity contribution is 0.251. The lowest BCUT2D eigenvalue weighted by Gasteiger charge is -2.40. The standard InChI is InChI=1S/C9H12ClNO/c10-8-4-7(5-12-8)9(6-11)2-1-3-9/h4-5H,1-3,6,11H2. The number of furan rings is 1. The molecule has 1 aliphatic rings. The Labute approximate surface area is 76.7 Å². The van der Waals surface area contributed by atoms with Crippen molar-refractivity contribution in [1.82, 2.24) is 0 Å². The van der Waals surface area contributed by atoms with Crippen LogP contribution in [-0.2, 0) is 5.41 Å². The molecule has 2 nitrogen and oxygen atoms in total. The van der Waals surface area contributed by atoms with Crippen molar-refractivity contribution in [3.63, 3.8) is 0 Å². The van der Waals surface area contributed by atoms with Crippen LogP contribution < -0.4 is 5.73 Å². The van der Waals surface area contributed by atoms with Gasteiger partial charge < -0.3 is 10.2 Å². The van der Waals surface area contributed by atoms with Crippen molar-refractivity contribution >= 4 is 11.6 Å². The maximum Gasteiger partial charge on any atom is 0.193 e. The Hall–Kier alpha value is -0.470. The Bertz CT molecular complexity index is 272. The second-order valence-electron chi connectivity index (χ2n) is 3.48. The van der Waals surface area contributed by atoms with E-state index in [-0.39, 0.29) is 5.41 Å². The van der Waals surface area contributed by atoms with Crippen LogP contribution in [0.5, 0.6) is 0 Å². The highest BCUT2D eigenvalue weighted by Crippen LogP contribution is 2.43. The molecule has 66 valence electrons. The smallest absolute Gasteiger partial charge is 0.193 e. The number of halogens is 1. The predicted molar refractivity (Wildman–Crippen MR) is 48.3 cm³/mol. The zero-order chi connectivity index (χ0) is 8.60. The van der Waals surface area contributed by atoms with Crippen LogP contribution in [0.25, 0.3) is 0 Å². The first-order chi connectivity index (χ1) is 5.77. The minimum atomic E-state index is 0.177. The summed E-state index contributed by atoms with van der Waals surface area (Å²) in [5.41, 5.74) is 7.07. The van der Waals surface area contributed by atoms with E-state index in [0.717, 1.165) is 0 Å². The third-order valence-corrected chi connectivity index (χ3v) is 3.08. The van der Waals surface area contributed by atoms with Crippen molar-refractivity contribution in [2.75, 3.05) is 6.54 Å². The van der Waals surface area contributed by atoms with Gasteiger partial charge in [0.25, 0.3) is 0 Å². The average molecular weight is 186 g/mol. The van der Waals surface area contributed by atoms with Gasteiger partial charge in [0.15, 0.2) is 5.22 Å². The van der Waals surface area contributed by atoms with Crippen molar-refractivity contribution in [1.29, 1.82) is 0 Å². The molecule has 1 aromatic heterocycles. The van der Waals surface area contributed by atoms with Crippen molar-refractivity contribution in [2.45, 2.75) is 24.7 Å². The monoisotopic (exact) mass is 185 g/mol. The fourth-order valence-electron chi connectivity index (χ4n) is 1.80. The van der Waals surface area contributed by atoms with Crippen LogP contribution in [-0.4, -0.2) is 6.54 Å². The van der Waals surface area contributed by atoms with Gasteiger partial charge in [0.1, 0.15) is 0 Å². The molecule has 0 saturated heterocycles. The molecule has 2 rings (SSSR count). The highest BCUT2D eigenvalue weighted by molar-refractivity contribution is 6.28. The summed E-state index contributed by atoms with van der Waals surface area (Å²) < 4.78 is 5.06. The van der Waals surface area contributed by atoms with Gasteiger partial charge in [-0.2, -0.15) is 0 Å². The fraction of sp³-hybridized carbons (Fsp3) is 0.556. The number of hydrogen-bond acceptors (Lipinski definition) is 2. The van der Waals surface area contributed by atoms with Gasteiger partial charge in [-0.25, -0.2) is 0 Å².